The lowest BCUT2D eigenvalue weighted by Crippen LogP contribution is -2.47. The number of rotatable bonds is 3. The molecule has 1 fully saturated rings. The Labute approximate surface area is 164 Å². The Morgan fingerprint density at radius 1 is 1.08 bits per heavy atom. The fourth-order valence-electron chi connectivity index (χ4n) is 3.15. The van der Waals surface area contributed by atoms with Gasteiger partial charge >= 0.3 is 0 Å². The van der Waals surface area contributed by atoms with Crippen LogP contribution in [0.3, 0.4) is 0 Å². The second-order valence-corrected chi connectivity index (χ2v) is 7.91. The second kappa shape index (κ2) is 6.96. The first kappa shape index (κ1) is 17.4. The van der Waals surface area contributed by atoms with Crippen LogP contribution in [0.25, 0.3) is 10.2 Å². The number of thiophene rings is 1. The quantitative estimate of drug-likeness (QED) is 0.626. The maximum atomic E-state index is 5.28. The number of piperazine rings is 1. The van der Waals surface area contributed by atoms with Gasteiger partial charge < -0.3 is 14.5 Å². The first-order chi connectivity index (χ1) is 12.6. The van der Waals surface area contributed by atoms with Crippen LogP contribution < -0.4 is 14.5 Å². The lowest BCUT2D eigenvalue weighted by molar-refractivity contribution is 0.393. The number of fused-ring (bicyclic) bond motifs is 1. The molecule has 1 aliphatic rings. The van der Waals surface area contributed by atoms with E-state index >= 15 is 0 Å². The Balaban J connectivity index is 1.57. The number of anilines is 2. The van der Waals surface area contributed by atoms with Gasteiger partial charge in [-0.2, -0.15) is 4.98 Å². The topological polar surface area (TPSA) is 67.3 Å². The highest BCUT2D eigenvalue weighted by Crippen LogP contribution is 2.32. The minimum Gasteiger partial charge on any atom is -0.480 e. The van der Waals surface area contributed by atoms with Crippen molar-refractivity contribution in [3.63, 3.8) is 0 Å². The molecule has 1 saturated heterocycles. The Bertz CT molecular complexity index is 954. The average molecular weight is 435 g/mol. The van der Waals surface area contributed by atoms with Crippen LogP contribution in [0.15, 0.2) is 16.0 Å². The van der Waals surface area contributed by atoms with E-state index < -0.39 is 0 Å². The van der Waals surface area contributed by atoms with Crippen LogP contribution in [0.1, 0.15) is 11.4 Å². The molecule has 0 aliphatic carbocycles. The molecular weight excluding hydrogens is 416 g/mol. The first-order valence-corrected chi connectivity index (χ1v) is 10.0. The van der Waals surface area contributed by atoms with Crippen LogP contribution in [0.4, 0.5) is 11.8 Å². The number of hydrogen-bond donors (Lipinski definition) is 0. The third-order valence-electron chi connectivity index (χ3n) is 4.46. The van der Waals surface area contributed by atoms with E-state index in [1.54, 1.807) is 24.6 Å². The smallest absolute Gasteiger partial charge is 0.232 e. The van der Waals surface area contributed by atoms with Gasteiger partial charge in [0.05, 0.1) is 23.2 Å². The van der Waals surface area contributed by atoms with Crippen LogP contribution >= 0.6 is 27.3 Å². The van der Waals surface area contributed by atoms with Crippen LogP contribution in [0.2, 0.25) is 0 Å². The Morgan fingerprint density at radius 2 is 1.81 bits per heavy atom. The van der Waals surface area contributed by atoms with Crippen molar-refractivity contribution in [2.45, 2.75) is 13.8 Å². The van der Waals surface area contributed by atoms with E-state index in [2.05, 4.69) is 53.0 Å². The molecule has 3 aromatic heterocycles. The fraction of sp³-hybridized carbons (Fsp3) is 0.412. The Hall–Kier alpha value is -2.00. The van der Waals surface area contributed by atoms with E-state index in [1.807, 2.05) is 6.92 Å². The zero-order valence-corrected chi connectivity index (χ0v) is 17.3. The molecule has 0 bridgehead atoms. The van der Waals surface area contributed by atoms with Crippen LogP contribution in [0.5, 0.6) is 5.88 Å². The van der Waals surface area contributed by atoms with Gasteiger partial charge in [0.2, 0.25) is 11.8 Å². The SMILES string of the molecule is COc1nc(N2CCN(c3nc(C)nc4scc(C)c34)CC2)ncc1Br. The molecule has 4 heterocycles. The molecule has 9 heteroatoms. The summed E-state index contributed by atoms with van der Waals surface area (Å²) in [5, 5.41) is 3.33. The second-order valence-electron chi connectivity index (χ2n) is 6.19. The summed E-state index contributed by atoms with van der Waals surface area (Å²) >= 11 is 5.08. The van der Waals surface area contributed by atoms with E-state index in [0.29, 0.717) is 11.8 Å². The van der Waals surface area contributed by atoms with Crippen LogP contribution in [0, 0.1) is 13.8 Å². The average Bonchev–Trinajstić information content (AvgIpc) is 3.02. The number of nitrogens with zero attached hydrogens (tertiary/aromatic N) is 6. The standard InChI is InChI=1S/C17H19BrN6OS/c1-10-9-26-16-13(10)14(20-11(2)21-16)23-4-6-24(7-5-23)17-19-8-12(18)15(22-17)25-3/h8-9H,4-7H2,1-3H3. The molecule has 0 unspecified atom stereocenters. The van der Waals surface area contributed by atoms with Crippen molar-refractivity contribution >= 4 is 49.2 Å². The fourth-order valence-corrected chi connectivity index (χ4v) is 4.47. The van der Waals surface area contributed by atoms with Gasteiger partial charge in [-0.3, -0.25) is 0 Å². The summed E-state index contributed by atoms with van der Waals surface area (Å²) in [6.07, 6.45) is 1.74. The zero-order valence-electron chi connectivity index (χ0n) is 14.9. The highest BCUT2D eigenvalue weighted by Gasteiger charge is 2.23. The van der Waals surface area contributed by atoms with Crippen LogP contribution in [-0.4, -0.2) is 53.2 Å². The van der Waals surface area contributed by atoms with E-state index in [4.69, 9.17) is 9.72 Å². The molecule has 0 amide bonds. The Morgan fingerprint density at radius 3 is 2.54 bits per heavy atom. The summed E-state index contributed by atoms with van der Waals surface area (Å²) in [6.45, 7) is 7.47. The van der Waals surface area contributed by atoms with E-state index in [1.165, 1.54) is 10.9 Å². The highest BCUT2D eigenvalue weighted by molar-refractivity contribution is 9.10. The summed E-state index contributed by atoms with van der Waals surface area (Å²) in [5.74, 6) is 3.11. The van der Waals surface area contributed by atoms with Gasteiger partial charge in [-0.15, -0.1) is 11.3 Å². The first-order valence-electron chi connectivity index (χ1n) is 8.35. The molecule has 136 valence electrons. The summed E-state index contributed by atoms with van der Waals surface area (Å²) in [4.78, 5) is 23.8. The number of ether oxygens (including phenoxy) is 1. The summed E-state index contributed by atoms with van der Waals surface area (Å²) in [6, 6.07) is 0. The minimum atomic E-state index is 0.555. The van der Waals surface area contributed by atoms with Crippen molar-refractivity contribution in [1.82, 2.24) is 19.9 Å². The third-order valence-corrected chi connectivity index (χ3v) is 6.00. The number of aromatic nitrogens is 4. The molecule has 7 nitrogen and oxygen atoms in total. The molecule has 26 heavy (non-hydrogen) atoms. The molecule has 4 rings (SSSR count). The predicted octanol–water partition coefficient (Wildman–Crippen LogP) is 3.20. The highest BCUT2D eigenvalue weighted by atomic mass is 79.9. The van der Waals surface area contributed by atoms with E-state index in [-0.39, 0.29) is 0 Å². The van der Waals surface area contributed by atoms with Gasteiger partial charge in [0.25, 0.3) is 0 Å². The molecule has 0 aromatic carbocycles. The van der Waals surface area contributed by atoms with Gasteiger partial charge in [0.15, 0.2) is 0 Å². The van der Waals surface area contributed by atoms with Gasteiger partial charge in [0, 0.05) is 26.2 Å². The lowest BCUT2D eigenvalue weighted by Gasteiger charge is -2.35. The normalized spacial score (nSPS) is 14.9. The van der Waals surface area contributed by atoms with Crippen molar-refractivity contribution in [1.29, 1.82) is 0 Å². The van der Waals surface area contributed by atoms with E-state index in [0.717, 1.165) is 47.1 Å². The number of aryl methyl sites for hydroxylation is 2. The van der Waals surface area contributed by atoms with Crippen molar-refractivity contribution in [2.75, 3.05) is 43.1 Å². The van der Waals surface area contributed by atoms with Gasteiger partial charge in [-0.05, 0) is 40.7 Å². The summed E-state index contributed by atoms with van der Waals surface area (Å²) in [5.41, 5.74) is 1.24. The zero-order chi connectivity index (χ0) is 18.3. The molecule has 0 atom stereocenters. The van der Waals surface area contributed by atoms with Gasteiger partial charge in [-0.1, -0.05) is 0 Å². The maximum Gasteiger partial charge on any atom is 0.232 e. The number of methoxy groups -OCH3 is 1. The summed E-state index contributed by atoms with van der Waals surface area (Å²) in [7, 11) is 1.61. The largest absolute Gasteiger partial charge is 0.480 e. The van der Waals surface area contributed by atoms with Crippen molar-refractivity contribution in [3.8, 4) is 5.88 Å². The van der Waals surface area contributed by atoms with Crippen LogP contribution in [-0.2, 0) is 0 Å². The number of hydrogen-bond acceptors (Lipinski definition) is 8. The molecular formula is C17H19BrN6OS. The Kier molecular flexibility index (Phi) is 4.66. The third kappa shape index (κ3) is 3.09. The molecule has 0 N–H and O–H groups in total. The van der Waals surface area contributed by atoms with Crippen molar-refractivity contribution in [2.24, 2.45) is 0 Å². The molecule has 0 radical (unpaired) electrons. The maximum absolute atomic E-state index is 5.28. The van der Waals surface area contributed by atoms with Gasteiger partial charge in [-0.25, -0.2) is 15.0 Å². The molecule has 0 saturated carbocycles. The summed E-state index contributed by atoms with van der Waals surface area (Å²) < 4.78 is 6.04. The van der Waals surface area contributed by atoms with E-state index in [9.17, 15) is 0 Å². The van der Waals surface area contributed by atoms with Crippen molar-refractivity contribution in [3.05, 3.63) is 27.4 Å². The molecule has 1 aliphatic heterocycles. The molecule has 0 spiro atoms. The van der Waals surface area contributed by atoms with Crippen molar-refractivity contribution < 1.29 is 4.74 Å². The molecule has 3 aromatic rings. The van der Waals surface area contributed by atoms with Gasteiger partial charge in [0.1, 0.15) is 16.5 Å². The lowest BCUT2D eigenvalue weighted by atomic mass is 10.2. The predicted molar refractivity (Wildman–Crippen MR) is 108 cm³/mol. The number of halogens is 1. The monoisotopic (exact) mass is 434 g/mol. The minimum absolute atomic E-state index is 0.555.